The normalized spacial score (nSPS) is 10.2. The Balaban J connectivity index is 2.14. The first kappa shape index (κ1) is 13.1. The second-order valence-electron chi connectivity index (χ2n) is 3.85. The lowest BCUT2D eigenvalue weighted by Gasteiger charge is -2.07. The molecule has 1 aromatic heterocycles. The number of nitrogens with zero attached hydrogens (tertiary/aromatic N) is 3. The van der Waals surface area contributed by atoms with Crippen molar-refractivity contribution in [3.8, 4) is 5.75 Å². The van der Waals surface area contributed by atoms with Crippen molar-refractivity contribution < 1.29 is 14.3 Å². The van der Waals surface area contributed by atoms with Crippen molar-refractivity contribution in [1.82, 2.24) is 14.8 Å². The van der Waals surface area contributed by atoms with Crippen molar-refractivity contribution >= 4 is 5.97 Å². The Kier molecular flexibility index (Phi) is 4.12. The van der Waals surface area contributed by atoms with Gasteiger partial charge in [-0.15, -0.1) is 10.2 Å². The van der Waals surface area contributed by atoms with Gasteiger partial charge in [0.15, 0.2) is 0 Å². The van der Waals surface area contributed by atoms with Crippen LogP contribution in [-0.4, -0.2) is 34.5 Å². The van der Waals surface area contributed by atoms with E-state index >= 15 is 0 Å². The van der Waals surface area contributed by atoms with Crippen LogP contribution in [0.1, 0.15) is 23.1 Å². The van der Waals surface area contributed by atoms with Gasteiger partial charge in [-0.25, -0.2) is 4.79 Å². The quantitative estimate of drug-likeness (QED) is 0.763. The van der Waals surface area contributed by atoms with Crippen molar-refractivity contribution in [3.05, 3.63) is 42.0 Å². The summed E-state index contributed by atoms with van der Waals surface area (Å²) < 4.78 is 11.7. The maximum atomic E-state index is 11.7. The summed E-state index contributed by atoms with van der Waals surface area (Å²) in [5.74, 6) is 0.532. The zero-order valence-electron chi connectivity index (χ0n) is 10.9. The Bertz CT molecular complexity index is 549. The lowest BCUT2D eigenvalue weighted by molar-refractivity contribution is 0.0506. The summed E-state index contributed by atoms with van der Waals surface area (Å²) in [6.45, 7) is 2.57. The van der Waals surface area contributed by atoms with Gasteiger partial charge in [-0.1, -0.05) is 12.1 Å². The molecule has 2 aromatic rings. The fourth-order valence-corrected chi connectivity index (χ4v) is 1.65. The second-order valence-corrected chi connectivity index (χ2v) is 3.85. The lowest BCUT2D eigenvalue weighted by atomic mass is 10.2. The van der Waals surface area contributed by atoms with E-state index in [1.54, 1.807) is 18.6 Å². The molecule has 2 rings (SSSR count). The number of esters is 1. The van der Waals surface area contributed by atoms with Crippen LogP contribution in [0.2, 0.25) is 0 Å². The van der Waals surface area contributed by atoms with Gasteiger partial charge in [-0.3, -0.25) is 0 Å². The zero-order valence-corrected chi connectivity index (χ0v) is 10.9. The molecule has 0 unspecified atom stereocenters. The predicted octanol–water partition coefficient (Wildman–Crippen LogP) is 1.51. The third-order valence-electron chi connectivity index (χ3n) is 2.59. The van der Waals surface area contributed by atoms with Gasteiger partial charge in [-0.05, 0) is 24.6 Å². The molecule has 1 aromatic carbocycles. The Labute approximate surface area is 111 Å². The summed E-state index contributed by atoms with van der Waals surface area (Å²) in [6, 6.07) is 7.58. The first-order valence-corrected chi connectivity index (χ1v) is 5.92. The smallest absolute Gasteiger partial charge is 0.376 e. The Morgan fingerprint density at radius 3 is 2.68 bits per heavy atom. The van der Waals surface area contributed by atoms with Crippen LogP contribution in [0, 0.1) is 0 Å². The molecule has 0 N–H and O–H groups in total. The third kappa shape index (κ3) is 3.09. The van der Waals surface area contributed by atoms with E-state index < -0.39 is 5.97 Å². The first-order valence-electron chi connectivity index (χ1n) is 5.92. The molecule has 0 fully saturated rings. The molecule has 0 aliphatic heterocycles. The summed E-state index contributed by atoms with van der Waals surface area (Å²) in [6.07, 6.45) is 1.51. The van der Waals surface area contributed by atoms with Crippen molar-refractivity contribution in [3.63, 3.8) is 0 Å². The van der Waals surface area contributed by atoms with Gasteiger partial charge in [0.2, 0.25) is 5.82 Å². The van der Waals surface area contributed by atoms with Crippen LogP contribution in [0.15, 0.2) is 30.6 Å². The molecular weight excluding hydrogens is 246 g/mol. The van der Waals surface area contributed by atoms with E-state index in [0.29, 0.717) is 13.2 Å². The number of aromatic nitrogens is 3. The van der Waals surface area contributed by atoms with Gasteiger partial charge in [0, 0.05) is 0 Å². The maximum Gasteiger partial charge on any atom is 0.376 e. The molecule has 0 aliphatic rings. The van der Waals surface area contributed by atoms with Gasteiger partial charge in [0.05, 0.1) is 20.3 Å². The van der Waals surface area contributed by atoms with Crippen LogP contribution in [0.4, 0.5) is 0 Å². The number of hydrogen-bond acceptors (Lipinski definition) is 5. The number of benzene rings is 1. The van der Waals surface area contributed by atoms with Gasteiger partial charge in [0.1, 0.15) is 12.1 Å². The van der Waals surface area contributed by atoms with E-state index in [0.717, 1.165) is 11.3 Å². The van der Waals surface area contributed by atoms with Gasteiger partial charge in [-0.2, -0.15) is 0 Å². The monoisotopic (exact) mass is 261 g/mol. The number of carbonyl (C=O) groups excluding carboxylic acids is 1. The molecule has 19 heavy (non-hydrogen) atoms. The summed E-state index contributed by atoms with van der Waals surface area (Å²) in [7, 11) is 1.62. The highest BCUT2D eigenvalue weighted by molar-refractivity contribution is 5.85. The highest BCUT2D eigenvalue weighted by atomic mass is 16.5. The second kappa shape index (κ2) is 5.99. The van der Waals surface area contributed by atoms with Crippen LogP contribution >= 0.6 is 0 Å². The molecule has 6 heteroatoms. The molecule has 0 atom stereocenters. The lowest BCUT2D eigenvalue weighted by Crippen LogP contribution is -2.13. The standard InChI is InChI=1S/C13H15N3O3/c1-3-19-13(17)12-15-14-9-16(12)8-10-4-6-11(18-2)7-5-10/h4-7,9H,3,8H2,1-2H3. The Morgan fingerprint density at radius 2 is 2.05 bits per heavy atom. The van der Waals surface area contributed by atoms with E-state index in [1.165, 1.54) is 6.33 Å². The fraction of sp³-hybridized carbons (Fsp3) is 0.308. The van der Waals surface area contributed by atoms with Crippen molar-refractivity contribution in [2.24, 2.45) is 0 Å². The minimum Gasteiger partial charge on any atom is -0.497 e. The molecule has 0 bridgehead atoms. The maximum absolute atomic E-state index is 11.7. The van der Waals surface area contributed by atoms with Crippen LogP contribution in [0.25, 0.3) is 0 Å². The molecule has 100 valence electrons. The van der Waals surface area contributed by atoms with Gasteiger partial charge in [0.25, 0.3) is 0 Å². The van der Waals surface area contributed by atoms with E-state index in [4.69, 9.17) is 9.47 Å². The molecule has 1 heterocycles. The minimum absolute atomic E-state index is 0.206. The molecule has 0 spiro atoms. The van der Waals surface area contributed by atoms with E-state index in [1.807, 2.05) is 24.3 Å². The number of methoxy groups -OCH3 is 1. The van der Waals surface area contributed by atoms with E-state index in [2.05, 4.69) is 10.2 Å². The SMILES string of the molecule is CCOC(=O)c1nncn1Cc1ccc(OC)cc1. The number of carbonyl (C=O) groups is 1. The van der Waals surface area contributed by atoms with E-state index in [-0.39, 0.29) is 5.82 Å². The van der Waals surface area contributed by atoms with Gasteiger partial charge < -0.3 is 14.0 Å². The summed E-state index contributed by atoms with van der Waals surface area (Å²) >= 11 is 0. The van der Waals surface area contributed by atoms with Crippen molar-refractivity contribution in [2.75, 3.05) is 13.7 Å². The fourth-order valence-electron chi connectivity index (χ4n) is 1.65. The van der Waals surface area contributed by atoms with Crippen molar-refractivity contribution in [1.29, 1.82) is 0 Å². The third-order valence-corrected chi connectivity index (χ3v) is 2.59. The number of rotatable bonds is 5. The molecular formula is C13H15N3O3. The first-order chi connectivity index (χ1) is 9.24. The molecule has 6 nitrogen and oxygen atoms in total. The molecule has 0 amide bonds. The van der Waals surface area contributed by atoms with Crippen LogP contribution in [0.3, 0.4) is 0 Å². The Morgan fingerprint density at radius 1 is 1.32 bits per heavy atom. The minimum atomic E-state index is -0.464. The predicted molar refractivity (Wildman–Crippen MR) is 68.1 cm³/mol. The molecule has 0 aliphatic carbocycles. The average Bonchev–Trinajstić information content (AvgIpc) is 2.88. The molecule has 0 saturated heterocycles. The zero-order chi connectivity index (χ0) is 13.7. The largest absolute Gasteiger partial charge is 0.497 e. The van der Waals surface area contributed by atoms with Crippen LogP contribution < -0.4 is 4.74 Å². The summed E-state index contributed by atoms with van der Waals surface area (Å²) in [5, 5.41) is 7.52. The summed E-state index contributed by atoms with van der Waals surface area (Å²) in [5.41, 5.74) is 1.02. The van der Waals surface area contributed by atoms with Gasteiger partial charge >= 0.3 is 5.97 Å². The topological polar surface area (TPSA) is 66.2 Å². The highest BCUT2D eigenvalue weighted by Crippen LogP contribution is 2.13. The molecule has 0 saturated carbocycles. The average molecular weight is 261 g/mol. The summed E-state index contributed by atoms with van der Waals surface area (Å²) in [4.78, 5) is 11.7. The highest BCUT2D eigenvalue weighted by Gasteiger charge is 2.15. The van der Waals surface area contributed by atoms with Crippen LogP contribution in [-0.2, 0) is 11.3 Å². The van der Waals surface area contributed by atoms with Crippen LogP contribution in [0.5, 0.6) is 5.75 Å². The Hall–Kier alpha value is -2.37. The molecule has 0 radical (unpaired) electrons. The number of ether oxygens (including phenoxy) is 2. The van der Waals surface area contributed by atoms with E-state index in [9.17, 15) is 4.79 Å². The number of hydrogen-bond donors (Lipinski definition) is 0. The van der Waals surface area contributed by atoms with Crippen molar-refractivity contribution in [2.45, 2.75) is 13.5 Å².